The van der Waals surface area contributed by atoms with Crippen molar-refractivity contribution < 1.29 is 28.2 Å². The summed E-state index contributed by atoms with van der Waals surface area (Å²) in [6.07, 6.45) is 2.72. The minimum atomic E-state index is -0.730. The zero-order valence-electron chi connectivity index (χ0n) is 28.7. The van der Waals surface area contributed by atoms with Gasteiger partial charge >= 0.3 is 0 Å². The van der Waals surface area contributed by atoms with Crippen LogP contribution in [0, 0.1) is 12.7 Å². The third kappa shape index (κ3) is 10.1. The van der Waals surface area contributed by atoms with Crippen LogP contribution in [0.5, 0.6) is 5.75 Å². The quantitative estimate of drug-likeness (QED) is 0.0528. The number of benzene rings is 3. The van der Waals surface area contributed by atoms with E-state index < -0.39 is 17.8 Å². The molecule has 6 N–H and O–H groups in total. The van der Waals surface area contributed by atoms with E-state index in [1.807, 2.05) is 0 Å². The number of halogens is 2. The molecule has 1 aliphatic heterocycles. The molecule has 5 aromatic rings. The number of amides is 3. The van der Waals surface area contributed by atoms with Crippen molar-refractivity contribution in [3.05, 3.63) is 108 Å². The lowest BCUT2D eigenvalue weighted by atomic mass is 10.1. The molecule has 276 valence electrons. The Hall–Kier alpha value is -6.39. The third-order valence-corrected chi connectivity index (χ3v) is 7.65. The van der Waals surface area contributed by atoms with E-state index in [0.717, 1.165) is 6.20 Å². The second-order valence-electron chi connectivity index (χ2n) is 11.3. The maximum atomic E-state index is 14.2. The van der Waals surface area contributed by atoms with Gasteiger partial charge in [-0.2, -0.15) is 4.98 Å². The normalized spacial score (nSPS) is 13.5. The molecule has 3 heterocycles. The molecule has 6 rings (SSSR count). The molecule has 1 aliphatic rings. The van der Waals surface area contributed by atoms with Gasteiger partial charge in [-0.15, -0.1) is 12.4 Å². The van der Waals surface area contributed by atoms with Gasteiger partial charge in [0.15, 0.2) is 11.6 Å². The average Bonchev–Trinajstić information content (AvgIpc) is 3.12. The molecule has 17 heteroatoms. The van der Waals surface area contributed by atoms with Crippen molar-refractivity contribution in [2.45, 2.75) is 25.8 Å². The smallest absolute Gasteiger partial charge is 0.264 e. The number of nitrogen functional groups attached to an aromatic ring is 1. The molecule has 1 saturated heterocycles. The monoisotopic (exact) mass is 745 g/mol. The van der Waals surface area contributed by atoms with Crippen LogP contribution in [-0.4, -0.2) is 57.6 Å². The zero-order chi connectivity index (χ0) is 37.2. The molecule has 3 aromatic carbocycles. The first-order valence-electron chi connectivity index (χ1n) is 16.0. The van der Waals surface area contributed by atoms with Crippen molar-refractivity contribution in [1.29, 1.82) is 0 Å². The molecule has 1 atom stereocenters. The third-order valence-electron chi connectivity index (χ3n) is 7.65. The van der Waals surface area contributed by atoms with Crippen molar-refractivity contribution in [3.63, 3.8) is 0 Å². The Kier molecular flexibility index (Phi) is 13.5. The summed E-state index contributed by atoms with van der Waals surface area (Å²) in [5.74, 6) is -0.430. The number of nitrogens with one attached hydrogen (secondary N) is 4. The Morgan fingerprint density at radius 2 is 1.77 bits per heavy atom. The Morgan fingerprint density at radius 1 is 1.04 bits per heavy atom. The van der Waals surface area contributed by atoms with E-state index in [-0.39, 0.29) is 54.4 Å². The molecule has 1 unspecified atom stereocenters. The number of hydrogen-bond acceptors (Lipinski definition) is 12. The minimum Gasteiger partial charge on any atom is -0.491 e. The summed E-state index contributed by atoms with van der Waals surface area (Å²) in [7, 11) is 1.61. The van der Waals surface area contributed by atoms with Crippen molar-refractivity contribution in [1.82, 2.24) is 24.8 Å². The first-order valence-corrected chi connectivity index (χ1v) is 16.0. The van der Waals surface area contributed by atoms with Gasteiger partial charge in [0.05, 0.1) is 23.7 Å². The maximum Gasteiger partial charge on any atom is 0.264 e. The van der Waals surface area contributed by atoms with Crippen LogP contribution in [0.2, 0.25) is 0 Å². The number of aromatic nitrogens is 4. The number of piperidine rings is 1. The standard InChI is InChI=1S/C22H22FN5O3.C14H14N4O3.ClH/c1-3-20(29)25-16-5-4-6-17(13-16)26-21-19(23)14-24-22(28-21)27-15-7-9-18(10-8-15)31-12-11-30-2;1-7-16-9-4-2-3-8(15)12(9)14(21)18(7)10-5-6-11(19)17-13(10)20;/h3-10,13-14H,1,11-12H2,2H3,(H,25,29)(H2,24,26,27,28);2-4,10H,5-6,15H2,1H3,(H,17,19,20);1H. The van der Waals surface area contributed by atoms with Gasteiger partial charge in [0, 0.05) is 36.3 Å². The Bertz CT molecular complexity index is 2180. The first-order chi connectivity index (χ1) is 25.1. The van der Waals surface area contributed by atoms with Crippen molar-refractivity contribution in [2.75, 3.05) is 42.0 Å². The van der Waals surface area contributed by atoms with Gasteiger partial charge in [-0.1, -0.05) is 18.7 Å². The minimum absolute atomic E-state index is 0. The van der Waals surface area contributed by atoms with Crippen molar-refractivity contribution in [2.24, 2.45) is 0 Å². The number of hydrogen-bond donors (Lipinski definition) is 5. The molecule has 2 aromatic heterocycles. The van der Waals surface area contributed by atoms with Gasteiger partial charge in [0.25, 0.3) is 5.56 Å². The highest BCUT2D eigenvalue weighted by atomic mass is 35.5. The molecule has 0 saturated carbocycles. The highest BCUT2D eigenvalue weighted by Crippen LogP contribution is 2.24. The Morgan fingerprint density at radius 3 is 2.49 bits per heavy atom. The zero-order valence-corrected chi connectivity index (χ0v) is 29.5. The van der Waals surface area contributed by atoms with Crippen LogP contribution >= 0.6 is 12.4 Å². The fourth-order valence-electron chi connectivity index (χ4n) is 5.20. The number of nitrogens with zero attached hydrogens (tertiary/aromatic N) is 4. The molecular weight excluding hydrogens is 709 g/mol. The summed E-state index contributed by atoms with van der Waals surface area (Å²) in [6, 6.07) is 18.3. The molecule has 0 aliphatic carbocycles. The number of carbonyl (C=O) groups is 3. The van der Waals surface area contributed by atoms with Crippen LogP contribution in [0.4, 0.5) is 38.9 Å². The van der Waals surface area contributed by atoms with Gasteiger partial charge in [-0.3, -0.25) is 29.1 Å². The lowest BCUT2D eigenvalue weighted by Gasteiger charge is -2.24. The maximum absolute atomic E-state index is 14.2. The van der Waals surface area contributed by atoms with Crippen LogP contribution in [0.15, 0.2) is 90.4 Å². The van der Waals surface area contributed by atoms with Crippen LogP contribution in [-0.2, 0) is 19.1 Å². The van der Waals surface area contributed by atoms with Crippen LogP contribution in [0.3, 0.4) is 0 Å². The number of carbonyl (C=O) groups excluding carboxylic acids is 3. The van der Waals surface area contributed by atoms with E-state index in [1.165, 1.54) is 10.6 Å². The number of methoxy groups -OCH3 is 1. The van der Waals surface area contributed by atoms with E-state index in [9.17, 15) is 23.6 Å². The van der Waals surface area contributed by atoms with Crippen LogP contribution in [0.1, 0.15) is 24.7 Å². The largest absolute Gasteiger partial charge is 0.491 e. The van der Waals surface area contributed by atoms with Gasteiger partial charge in [-0.05, 0) is 74.0 Å². The number of fused-ring (bicyclic) bond motifs is 1. The van der Waals surface area contributed by atoms with Crippen LogP contribution < -0.4 is 37.3 Å². The van der Waals surface area contributed by atoms with E-state index in [2.05, 4.69) is 42.8 Å². The molecule has 15 nitrogen and oxygen atoms in total. The topological polar surface area (TPSA) is 204 Å². The highest BCUT2D eigenvalue weighted by Gasteiger charge is 2.30. The van der Waals surface area contributed by atoms with E-state index >= 15 is 0 Å². The van der Waals surface area contributed by atoms with Crippen molar-refractivity contribution >= 4 is 75.5 Å². The second-order valence-corrected chi connectivity index (χ2v) is 11.3. The fourth-order valence-corrected chi connectivity index (χ4v) is 5.20. The van der Waals surface area contributed by atoms with Gasteiger partial charge in [0.1, 0.15) is 24.2 Å². The summed E-state index contributed by atoms with van der Waals surface area (Å²) in [5.41, 5.74) is 8.12. The average molecular weight is 746 g/mol. The lowest BCUT2D eigenvalue weighted by molar-refractivity contribution is -0.135. The summed E-state index contributed by atoms with van der Waals surface area (Å²) in [4.78, 5) is 59.9. The predicted octanol–water partition coefficient (Wildman–Crippen LogP) is 4.94. The number of aryl methyl sites for hydroxylation is 1. The van der Waals surface area contributed by atoms with E-state index in [4.69, 9.17) is 15.2 Å². The number of ether oxygens (including phenoxy) is 2. The van der Waals surface area contributed by atoms with Gasteiger partial charge in [-0.25, -0.2) is 14.4 Å². The Balaban J connectivity index is 0.000000248. The predicted molar refractivity (Wildman–Crippen MR) is 201 cm³/mol. The number of rotatable bonds is 11. The summed E-state index contributed by atoms with van der Waals surface area (Å²) in [6.45, 7) is 6.03. The van der Waals surface area contributed by atoms with E-state index in [1.54, 1.807) is 80.8 Å². The molecular formula is C36H37ClFN9O6. The molecule has 3 amide bonds. The summed E-state index contributed by atoms with van der Waals surface area (Å²) < 4.78 is 26.0. The number of imide groups is 1. The van der Waals surface area contributed by atoms with Crippen LogP contribution in [0.25, 0.3) is 10.9 Å². The SMILES string of the molecule is C=CC(=O)Nc1cccc(Nc2nc(Nc3ccc(OCCOC)cc3)ncc2F)c1.Cc1nc2cccc(N)c2c(=O)n1C1CCC(=O)NC1=O.Cl. The Labute approximate surface area is 309 Å². The first kappa shape index (κ1) is 39.4. The molecule has 1 fully saturated rings. The molecule has 53 heavy (non-hydrogen) atoms. The number of anilines is 6. The van der Waals surface area contributed by atoms with Gasteiger partial charge in [0.2, 0.25) is 23.7 Å². The number of nitrogens with two attached hydrogens (primary N) is 1. The second kappa shape index (κ2) is 18.2. The molecule has 0 bridgehead atoms. The highest BCUT2D eigenvalue weighted by molar-refractivity contribution is 6.00. The fraction of sp³-hybridized carbons (Fsp3) is 0.194. The summed E-state index contributed by atoms with van der Waals surface area (Å²) >= 11 is 0. The lowest BCUT2D eigenvalue weighted by Crippen LogP contribution is -2.45. The van der Waals surface area contributed by atoms with Gasteiger partial charge < -0.3 is 31.2 Å². The molecule has 0 spiro atoms. The van der Waals surface area contributed by atoms with Crippen molar-refractivity contribution in [3.8, 4) is 5.75 Å². The molecule has 0 radical (unpaired) electrons. The summed E-state index contributed by atoms with van der Waals surface area (Å²) in [5, 5.41) is 11.1. The van der Waals surface area contributed by atoms with E-state index in [0.29, 0.717) is 58.4 Å².